The quantitative estimate of drug-likeness (QED) is 0.641. The average molecular weight is 277 g/mol. The molecule has 0 saturated carbocycles. The van der Waals surface area contributed by atoms with Crippen LogP contribution in [0.15, 0.2) is 0 Å². The van der Waals surface area contributed by atoms with Crippen molar-refractivity contribution in [3.63, 3.8) is 0 Å². The second-order valence-electron chi connectivity index (χ2n) is 2.92. The van der Waals surface area contributed by atoms with Crippen LogP contribution in [0.3, 0.4) is 0 Å². The van der Waals surface area contributed by atoms with Crippen LogP contribution in [0.2, 0.25) is 0 Å². The van der Waals surface area contributed by atoms with Crippen molar-refractivity contribution in [3.05, 3.63) is 0 Å². The Hall–Kier alpha value is 0.170. The van der Waals surface area contributed by atoms with Gasteiger partial charge in [0.2, 0.25) is 0 Å². The number of hydrogen-bond acceptors (Lipinski definition) is 3. The van der Waals surface area contributed by atoms with E-state index in [9.17, 15) is 9.59 Å². The normalized spacial score (nSPS) is 7.83. The molecule has 0 heterocycles. The van der Waals surface area contributed by atoms with Crippen molar-refractivity contribution in [2.75, 3.05) is 21.1 Å². The van der Waals surface area contributed by atoms with E-state index in [4.69, 9.17) is 0 Å². The summed E-state index contributed by atoms with van der Waals surface area (Å²) >= 11 is 0. The van der Waals surface area contributed by atoms with Crippen LogP contribution in [0.25, 0.3) is 0 Å². The fraction of sp³-hybridized carbons (Fsp3) is 0.750. The van der Waals surface area contributed by atoms with E-state index in [0.717, 1.165) is 0 Å². The second kappa shape index (κ2) is 11.2. The molecule has 0 aliphatic carbocycles. The van der Waals surface area contributed by atoms with Crippen molar-refractivity contribution in [1.82, 2.24) is 4.90 Å². The summed E-state index contributed by atoms with van der Waals surface area (Å²) in [6, 6.07) is 0. The van der Waals surface area contributed by atoms with Gasteiger partial charge in [0.1, 0.15) is 11.6 Å². The Labute approximate surface area is 93.3 Å². The summed E-state index contributed by atoms with van der Waals surface area (Å²) in [5.74, 6) is -0.125. The van der Waals surface area contributed by atoms with E-state index in [1.807, 2.05) is 26.0 Å². The molecule has 0 N–H and O–H groups in total. The zero-order valence-electron chi connectivity index (χ0n) is 7.97. The van der Waals surface area contributed by atoms with Crippen molar-refractivity contribution in [2.45, 2.75) is 20.3 Å². The number of carbonyl (C=O) groups excluding carboxylic acids is 2. The van der Waals surface area contributed by atoms with Crippen molar-refractivity contribution >= 4 is 37.4 Å². The monoisotopic (exact) mass is 277 g/mol. The molecular weight excluding hydrogens is 257 g/mol. The van der Waals surface area contributed by atoms with E-state index in [1.54, 1.807) is 0 Å². The van der Waals surface area contributed by atoms with E-state index in [-0.39, 0.29) is 43.8 Å². The van der Waals surface area contributed by atoms with Crippen molar-refractivity contribution in [2.24, 2.45) is 0 Å². The molecule has 4 heteroatoms. The summed E-state index contributed by atoms with van der Waals surface area (Å²) in [4.78, 5) is 22.1. The molecule has 12 heavy (non-hydrogen) atoms. The fourth-order valence-corrected chi connectivity index (χ4v) is 0.351. The zero-order valence-corrected chi connectivity index (χ0v) is 7.97. The van der Waals surface area contributed by atoms with Crippen LogP contribution in [0.4, 0.5) is 0 Å². The molecule has 72 valence electrons. The number of hydrogen-bond donors (Lipinski definition) is 0. The van der Waals surface area contributed by atoms with Crippen LogP contribution < -0.4 is 0 Å². The molecule has 0 unspecified atom stereocenters. The first-order valence-electron chi connectivity index (χ1n) is 3.46. The number of nitrogens with zero attached hydrogens (tertiary/aromatic N) is 1. The van der Waals surface area contributed by atoms with Gasteiger partial charge in [0.15, 0.2) is 0 Å². The minimum atomic E-state index is -0.0625. The Balaban J connectivity index is -0.000000142. The number of Topliss-reactive ketones (excluding diaryl/α,β-unsaturated/α-hetero) is 2. The van der Waals surface area contributed by atoms with Crippen LogP contribution in [0.5, 0.6) is 0 Å². The first-order chi connectivity index (χ1) is 4.86. The summed E-state index contributed by atoms with van der Waals surface area (Å²) in [6.07, 6.45) is 0.0833. The van der Waals surface area contributed by atoms with Crippen molar-refractivity contribution in [3.8, 4) is 0 Å². The van der Waals surface area contributed by atoms with Crippen LogP contribution in [0.1, 0.15) is 20.3 Å². The van der Waals surface area contributed by atoms with E-state index >= 15 is 0 Å². The first-order valence-corrected chi connectivity index (χ1v) is 3.46. The van der Waals surface area contributed by atoms with Crippen LogP contribution in [0, 0.1) is 0 Å². The molecule has 0 saturated heterocycles. The number of rotatable bonds is 2. The van der Waals surface area contributed by atoms with Crippen LogP contribution in [-0.4, -0.2) is 63.5 Å². The molecule has 0 bridgehead atoms. The second-order valence-corrected chi connectivity index (χ2v) is 2.92. The molecule has 0 radical (unpaired) electrons. The van der Waals surface area contributed by atoms with E-state index in [0.29, 0.717) is 0 Å². The van der Waals surface area contributed by atoms with Gasteiger partial charge in [0, 0.05) is 0 Å². The van der Waals surface area contributed by atoms with E-state index in [2.05, 4.69) is 0 Å². The number of carbonyl (C=O) groups is 2. The third-order valence-electron chi connectivity index (χ3n) is 0.498. The standard InChI is InChI=1S/C5H8O2.C3H9N.In.3H/c1-4(6)3-5(2)7;1-4(2)3;;;;/h3H2,1-2H3;1-3H3;;;;. The first kappa shape index (κ1) is 18.1. The Bertz CT molecular complexity index is 120. The SMILES string of the molecule is CC(=O)CC(C)=O.CN(C)C.[InH3]. The van der Waals surface area contributed by atoms with Gasteiger partial charge in [-0.25, -0.2) is 0 Å². The van der Waals surface area contributed by atoms with Gasteiger partial charge in [0.25, 0.3) is 0 Å². The van der Waals surface area contributed by atoms with Crippen molar-refractivity contribution < 1.29 is 9.59 Å². The number of ketones is 2. The summed E-state index contributed by atoms with van der Waals surface area (Å²) in [7, 11) is 6.00. The minimum absolute atomic E-state index is 0. The molecule has 0 fully saturated rings. The average Bonchev–Trinajstić information content (AvgIpc) is 1.56. The van der Waals surface area contributed by atoms with Crippen LogP contribution >= 0.6 is 0 Å². The fourth-order valence-electron chi connectivity index (χ4n) is 0.351. The molecule has 0 aliphatic rings. The van der Waals surface area contributed by atoms with Gasteiger partial charge in [0.05, 0.1) is 6.42 Å². The topological polar surface area (TPSA) is 37.4 Å². The van der Waals surface area contributed by atoms with E-state index < -0.39 is 0 Å². The predicted molar refractivity (Wildman–Crippen MR) is 55.5 cm³/mol. The van der Waals surface area contributed by atoms with Gasteiger partial charge < -0.3 is 4.90 Å². The summed E-state index contributed by atoms with van der Waals surface area (Å²) < 4.78 is 0. The summed E-state index contributed by atoms with van der Waals surface area (Å²) in [5.41, 5.74) is 0. The van der Waals surface area contributed by atoms with Gasteiger partial charge in [-0.05, 0) is 35.0 Å². The molecule has 0 spiro atoms. The van der Waals surface area contributed by atoms with Crippen LogP contribution in [-0.2, 0) is 9.59 Å². The third-order valence-corrected chi connectivity index (χ3v) is 0.498. The molecule has 0 atom stereocenters. The third kappa shape index (κ3) is 49.2. The molecule has 0 rings (SSSR count). The summed E-state index contributed by atoms with van der Waals surface area (Å²) in [6.45, 7) is 2.81. The summed E-state index contributed by atoms with van der Waals surface area (Å²) in [5, 5.41) is 0. The Kier molecular flexibility index (Phi) is 16.8. The maximum atomic E-state index is 10.0. The molecular formula is C8H20InNO2. The van der Waals surface area contributed by atoms with Gasteiger partial charge in [-0.1, -0.05) is 0 Å². The molecule has 0 aromatic rings. The Morgan fingerprint density at radius 3 is 1.17 bits per heavy atom. The molecule has 0 aromatic heterocycles. The maximum absolute atomic E-state index is 10.0. The van der Waals surface area contributed by atoms with Gasteiger partial charge >= 0.3 is 25.8 Å². The molecule has 0 aliphatic heterocycles. The molecule has 0 amide bonds. The van der Waals surface area contributed by atoms with Gasteiger partial charge in [-0.15, -0.1) is 0 Å². The van der Waals surface area contributed by atoms with Gasteiger partial charge in [-0.2, -0.15) is 0 Å². The zero-order chi connectivity index (χ0) is 9.44. The van der Waals surface area contributed by atoms with Gasteiger partial charge in [-0.3, -0.25) is 9.59 Å². The van der Waals surface area contributed by atoms with E-state index in [1.165, 1.54) is 13.8 Å². The predicted octanol–water partition coefficient (Wildman–Crippen LogP) is -0.452. The Morgan fingerprint density at radius 2 is 1.17 bits per heavy atom. The van der Waals surface area contributed by atoms with Crippen molar-refractivity contribution in [1.29, 1.82) is 0 Å². The Morgan fingerprint density at radius 1 is 1.00 bits per heavy atom. The molecule has 3 nitrogen and oxygen atoms in total. The molecule has 0 aromatic carbocycles.